The van der Waals surface area contributed by atoms with Gasteiger partial charge in [0.2, 0.25) is 5.79 Å². The van der Waals surface area contributed by atoms with Crippen LogP contribution in [0.4, 0.5) is 11.4 Å². The van der Waals surface area contributed by atoms with Gasteiger partial charge in [0.05, 0.1) is 18.0 Å². The Kier molecular flexibility index (Phi) is 4.44. The van der Waals surface area contributed by atoms with Gasteiger partial charge in [0.25, 0.3) is 0 Å². The maximum absolute atomic E-state index is 8.95. The fourth-order valence-corrected chi connectivity index (χ4v) is 2.99. The summed E-state index contributed by atoms with van der Waals surface area (Å²) < 4.78 is 0. The molecule has 0 fully saturated rings. The van der Waals surface area contributed by atoms with Gasteiger partial charge in [-0.2, -0.15) is 5.26 Å². The highest BCUT2D eigenvalue weighted by Gasteiger charge is 2.28. The van der Waals surface area contributed by atoms with Crippen LogP contribution in [0.3, 0.4) is 0 Å². The van der Waals surface area contributed by atoms with Gasteiger partial charge < -0.3 is 16.0 Å². The van der Waals surface area contributed by atoms with Crippen LogP contribution in [0.2, 0.25) is 0 Å². The van der Waals surface area contributed by atoms with Crippen LogP contribution in [0.15, 0.2) is 53.7 Å². The van der Waals surface area contributed by atoms with Crippen molar-refractivity contribution in [2.45, 2.75) is 26.6 Å². The Bertz CT molecular complexity index is 837. The second-order valence-corrected chi connectivity index (χ2v) is 6.24. The number of anilines is 2. The third kappa shape index (κ3) is 3.64. The first kappa shape index (κ1) is 16.6. The van der Waals surface area contributed by atoms with Crippen LogP contribution < -0.4 is 16.0 Å². The highest BCUT2D eigenvalue weighted by molar-refractivity contribution is 5.67. The van der Waals surface area contributed by atoms with E-state index in [2.05, 4.69) is 59.9 Å². The van der Waals surface area contributed by atoms with Crippen LogP contribution in [0.5, 0.6) is 0 Å². The molecule has 25 heavy (non-hydrogen) atoms. The van der Waals surface area contributed by atoms with E-state index in [1.54, 1.807) is 18.5 Å². The van der Waals surface area contributed by atoms with Gasteiger partial charge in [0.15, 0.2) is 0 Å². The van der Waals surface area contributed by atoms with Gasteiger partial charge in [-0.15, -0.1) is 0 Å². The van der Waals surface area contributed by atoms with Crippen molar-refractivity contribution in [2.24, 2.45) is 4.99 Å². The average Bonchev–Trinajstić information content (AvgIpc) is 2.60. The van der Waals surface area contributed by atoms with Crippen molar-refractivity contribution in [3.8, 4) is 6.07 Å². The molecule has 5 heteroatoms. The maximum Gasteiger partial charge on any atom is 0.228 e. The number of nitriles is 1. The molecule has 0 saturated heterocycles. The fourth-order valence-electron chi connectivity index (χ4n) is 2.99. The first-order chi connectivity index (χ1) is 12.0. The molecule has 1 atom stereocenters. The van der Waals surface area contributed by atoms with Crippen LogP contribution in [0.25, 0.3) is 0 Å². The second kappa shape index (κ2) is 6.70. The van der Waals surface area contributed by atoms with Crippen LogP contribution in [0, 0.1) is 32.1 Å². The van der Waals surface area contributed by atoms with E-state index in [1.165, 1.54) is 16.7 Å². The number of rotatable bonds is 4. The summed E-state index contributed by atoms with van der Waals surface area (Å²) >= 11 is 0. The summed E-state index contributed by atoms with van der Waals surface area (Å²) in [7, 11) is 0. The third-order valence-electron chi connectivity index (χ3n) is 4.10. The van der Waals surface area contributed by atoms with Gasteiger partial charge in [0.1, 0.15) is 0 Å². The van der Waals surface area contributed by atoms with Crippen molar-refractivity contribution in [1.29, 1.82) is 5.26 Å². The summed E-state index contributed by atoms with van der Waals surface area (Å²) in [5, 5.41) is 18.9. The van der Waals surface area contributed by atoms with Crippen molar-refractivity contribution in [3.05, 3.63) is 70.9 Å². The molecular weight excluding hydrogens is 310 g/mol. The number of nitrogens with zero attached hydrogens (tertiary/aromatic N) is 2. The van der Waals surface area contributed by atoms with E-state index < -0.39 is 5.79 Å². The monoisotopic (exact) mass is 331 g/mol. The molecule has 3 rings (SSSR count). The molecule has 2 aromatic rings. The minimum absolute atomic E-state index is 0.627. The smallest absolute Gasteiger partial charge is 0.228 e. The van der Waals surface area contributed by atoms with Crippen LogP contribution in [0.1, 0.15) is 22.3 Å². The summed E-state index contributed by atoms with van der Waals surface area (Å²) in [5.74, 6) is -0.801. The predicted molar refractivity (Wildman–Crippen MR) is 103 cm³/mol. The number of aliphatic imine (C=N–C) groups is 1. The molecule has 2 aromatic carbocycles. The van der Waals surface area contributed by atoms with Crippen molar-refractivity contribution in [3.63, 3.8) is 0 Å². The SMILES string of the molecule is Cc1cc(C)c(NC2(Nc3ccc(C#N)cc3)C=CNC=N2)c(C)c1. The molecule has 0 bridgehead atoms. The van der Waals surface area contributed by atoms with Crippen LogP contribution in [-0.2, 0) is 0 Å². The van der Waals surface area contributed by atoms with E-state index in [0.717, 1.165) is 11.4 Å². The second-order valence-electron chi connectivity index (χ2n) is 6.24. The number of hydrogen-bond donors (Lipinski definition) is 3. The minimum Gasteiger partial charge on any atom is -0.353 e. The largest absolute Gasteiger partial charge is 0.353 e. The van der Waals surface area contributed by atoms with E-state index >= 15 is 0 Å². The normalized spacial score (nSPS) is 18.3. The molecule has 126 valence electrons. The predicted octanol–water partition coefficient (Wildman–Crippen LogP) is 3.81. The molecule has 5 nitrogen and oxygen atoms in total. The molecule has 1 aliphatic rings. The highest BCUT2D eigenvalue weighted by atomic mass is 15.3. The molecule has 1 unspecified atom stereocenters. The maximum atomic E-state index is 8.95. The lowest BCUT2D eigenvalue weighted by Gasteiger charge is -2.33. The molecule has 1 aliphatic heterocycles. The Morgan fingerprint density at radius 2 is 1.72 bits per heavy atom. The fraction of sp³-hybridized carbons (Fsp3) is 0.200. The standard InChI is InChI=1S/C20H21N5/c1-14-10-15(2)19(16(3)11-14)25-20(8-9-22-13-23-20)24-18-6-4-17(12-21)5-7-18/h4-11,13,24-25H,1-3H3,(H,22,23). The Labute approximate surface area is 148 Å². The first-order valence-corrected chi connectivity index (χ1v) is 8.13. The Balaban J connectivity index is 1.94. The van der Waals surface area contributed by atoms with E-state index in [9.17, 15) is 0 Å². The zero-order chi connectivity index (χ0) is 17.9. The van der Waals surface area contributed by atoms with E-state index in [1.807, 2.05) is 24.4 Å². The number of aryl methyl sites for hydroxylation is 3. The highest BCUT2D eigenvalue weighted by Crippen LogP contribution is 2.28. The van der Waals surface area contributed by atoms with E-state index in [4.69, 9.17) is 5.26 Å². The first-order valence-electron chi connectivity index (χ1n) is 8.13. The molecule has 3 N–H and O–H groups in total. The molecule has 1 heterocycles. The molecular formula is C20H21N5. The van der Waals surface area contributed by atoms with Crippen LogP contribution >= 0.6 is 0 Å². The lowest BCUT2D eigenvalue weighted by Crippen LogP contribution is -2.45. The molecule has 0 amide bonds. The summed E-state index contributed by atoms with van der Waals surface area (Å²) in [6.07, 6.45) is 5.43. The van der Waals surface area contributed by atoms with Crippen molar-refractivity contribution in [2.75, 3.05) is 10.6 Å². The van der Waals surface area contributed by atoms with Gasteiger partial charge in [-0.3, -0.25) is 0 Å². The summed E-state index contributed by atoms with van der Waals surface area (Å²) in [6.45, 7) is 6.27. The quantitative estimate of drug-likeness (QED) is 0.745. The Morgan fingerprint density at radius 3 is 2.28 bits per heavy atom. The van der Waals surface area contributed by atoms with Crippen molar-refractivity contribution >= 4 is 17.7 Å². The van der Waals surface area contributed by atoms with Gasteiger partial charge >= 0.3 is 0 Å². The van der Waals surface area contributed by atoms with Gasteiger partial charge in [-0.25, -0.2) is 4.99 Å². The van der Waals surface area contributed by atoms with Crippen LogP contribution in [-0.4, -0.2) is 12.1 Å². The molecule has 0 spiro atoms. The van der Waals surface area contributed by atoms with Gasteiger partial charge in [-0.1, -0.05) is 17.7 Å². The summed E-state index contributed by atoms with van der Waals surface area (Å²) in [6, 6.07) is 13.8. The summed E-state index contributed by atoms with van der Waals surface area (Å²) in [5.41, 5.74) is 6.12. The number of nitrogens with one attached hydrogen (secondary N) is 3. The number of benzene rings is 2. The Morgan fingerprint density at radius 1 is 1.04 bits per heavy atom. The Hall–Kier alpha value is -3.26. The minimum atomic E-state index is -0.801. The topological polar surface area (TPSA) is 72.2 Å². The lowest BCUT2D eigenvalue weighted by molar-refractivity contribution is 0.680. The zero-order valence-electron chi connectivity index (χ0n) is 14.6. The molecule has 0 aromatic heterocycles. The summed E-state index contributed by atoms with van der Waals surface area (Å²) in [4.78, 5) is 4.59. The molecule has 0 radical (unpaired) electrons. The zero-order valence-corrected chi connectivity index (χ0v) is 14.6. The van der Waals surface area contributed by atoms with E-state index in [0.29, 0.717) is 5.56 Å². The van der Waals surface area contributed by atoms with Gasteiger partial charge in [-0.05, 0) is 56.2 Å². The van der Waals surface area contributed by atoms with E-state index in [-0.39, 0.29) is 0 Å². The lowest BCUT2D eigenvalue weighted by atomic mass is 10.0. The number of hydrogen-bond acceptors (Lipinski definition) is 5. The van der Waals surface area contributed by atoms with Crippen molar-refractivity contribution < 1.29 is 0 Å². The third-order valence-corrected chi connectivity index (χ3v) is 4.10. The van der Waals surface area contributed by atoms with Gasteiger partial charge in [0, 0.05) is 23.7 Å². The molecule has 0 aliphatic carbocycles. The van der Waals surface area contributed by atoms with Crippen molar-refractivity contribution in [1.82, 2.24) is 5.32 Å². The molecule has 0 saturated carbocycles. The average molecular weight is 331 g/mol.